The minimum atomic E-state index is -0.506. The van der Waals surface area contributed by atoms with Crippen molar-refractivity contribution in [3.05, 3.63) is 65.2 Å². The van der Waals surface area contributed by atoms with E-state index in [0.717, 1.165) is 11.3 Å². The molecule has 0 fully saturated rings. The number of benzene rings is 2. The summed E-state index contributed by atoms with van der Waals surface area (Å²) in [5.41, 5.74) is 2.64. The molecule has 0 spiro atoms. The fourth-order valence-corrected chi connectivity index (χ4v) is 2.69. The molecule has 5 heteroatoms. The molecule has 0 N–H and O–H groups in total. The van der Waals surface area contributed by atoms with Crippen molar-refractivity contribution in [3.63, 3.8) is 0 Å². The summed E-state index contributed by atoms with van der Waals surface area (Å²) in [7, 11) is 0. The molecule has 0 saturated heterocycles. The number of anilines is 1. The van der Waals surface area contributed by atoms with Gasteiger partial charge in [0.1, 0.15) is 13.2 Å². The fourth-order valence-electron chi connectivity index (χ4n) is 2.69. The van der Waals surface area contributed by atoms with Gasteiger partial charge in [0.2, 0.25) is 0 Å². The van der Waals surface area contributed by atoms with E-state index in [1.54, 1.807) is 24.3 Å². The molecule has 1 aliphatic rings. The van der Waals surface area contributed by atoms with Crippen molar-refractivity contribution in [2.75, 3.05) is 31.2 Å². The number of hydrogen-bond donors (Lipinski definition) is 0. The molecule has 1 aliphatic heterocycles. The monoisotopic (exact) mass is 325 g/mol. The molecule has 0 aromatic heterocycles. The first-order valence-corrected chi connectivity index (χ1v) is 7.90. The van der Waals surface area contributed by atoms with Crippen LogP contribution in [-0.2, 0) is 9.47 Å². The first-order valence-electron chi connectivity index (χ1n) is 7.90. The molecule has 1 heterocycles. The largest absolute Gasteiger partial charge is 0.460 e. The number of nitrogens with zero attached hydrogens (tertiary/aromatic N) is 1. The van der Waals surface area contributed by atoms with Crippen LogP contribution in [0.15, 0.2) is 48.5 Å². The third kappa shape index (κ3) is 3.56. The number of carbonyl (C=O) groups excluding carboxylic acids is 2. The van der Waals surface area contributed by atoms with Crippen LogP contribution < -0.4 is 4.90 Å². The van der Waals surface area contributed by atoms with Gasteiger partial charge in [0.25, 0.3) is 0 Å². The molecule has 0 saturated carbocycles. The molecule has 3 rings (SSSR count). The second-order valence-corrected chi connectivity index (χ2v) is 5.64. The Balaban J connectivity index is 1.82. The van der Waals surface area contributed by atoms with Crippen LogP contribution in [0, 0.1) is 6.92 Å². The van der Waals surface area contributed by atoms with Crippen LogP contribution >= 0.6 is 0 Å². The molecule has 24 heavy (non-hydrogen) atoms. The number of rotatable bonds is 1. The van der Waals surface area contributed by atoms with E-state index in [1.165, 1.54) is 0 Å². The highest BCUT2D eigenvalue weighted by atomic mass is 16.5. The van der Waals surface area contributed by atoms with E-state index in [2.05, 4.69) is 6.07 Å². The predicted octanol–water partition coefficient (Wildman–Crippen LogP) is 2.83. The van der Waals surface area contributed by atoms with Gasteiger partial charge >= 0.3 is 11.9 Å². The Morgan fingerprint density at radius 2 is 1.42 bits per heavy atom. The van der Waals surface area contributed by atoms with Gasteiger partial charge in [-0.05, 0) is 36.8 Å². The molecular formula is C19H19NO4. The molecule has 0 bridgehead atoms. The lowest BCUT2D eigenvalue weighted by atomic mass is 10.1. The number of fused-ring (bicyclic) bond motifs is 1. The van der Waals surface area contributed by atoms with E-state index in [-0.39, 0.29) is 24.3 Å². The third-order valence-corrected chi connectivity index (χ3v) is 3.92. The summed E-state index contributed by atoms with van der Waals surface area (Å²) in [6, 6.07) is 14.6. The Kier molecular flexibility index (Phi) is 4.79. The number of ether oxygens (including phenoxy) is 2. The quantitative estimate of drug-likeness (QED) is 0.755. The molecule has 5 nitrogen and oxygen atoms in total. The molecule has 0 unspecified atom stereocenters. The van der Waals surface area contributed by atoms with Crippen LogP contribution in [0.2, 0.25) is 0 Å². The lowest BCUT2D eigenvalue weighted by Gasteiger charge is -2.24. The second-order valence-electron chi connectivity index (χ2n) is 5.64. The minimum absolute atomic E-state index is 0.242. The van der Waals surface area contributed by atoms with Crippen molar-refractivity contribution in [2.45, 2.75) is 6.92 Å². The standard InChI is InChI=1S/C19H19NO4/c1-14-5-4-6-15(13-14)20-9-11-23-18(21)16-7-2-3-8-17(16)19(22)24-12-10-20/h2-8,13H,9-12H2,1H3. The maximum Gasteiger partial charge on any atom is 0.339 e. The van der Waals surface area contributed by atoms with Crippen LogP contribution in [0.25, 0.3) is 0 Å². The maximum absolute atomic E-state index is 12.2. The molecule has 0 atom stereocenters. The molecular weight excluding hydrogens is 306 g/mol. The van der Waals surface area contributed by atoms with Gasteiger partial charge in [-0.2, -0.15) is 0 Å². The first kappa shape index (κ1) is 16.1. The SMILES string of the molecule is Cc1cccc(N2CCOC(=O)c3ccccc3C(=O)OCC2)c1. The summed E-state index contributed by atoms with van der Waals surface area (Å²) < 4.78 is 10.7. The summed E-state index contributed by atoms with van der Waals surface area (Å²) in [5.74, 6) is -1.01. The third-order valence-electron chi connectivity index (χ3n) is 3.92. The highest BCUT2D eigenvalue weighted by molar-refractivity contribution is 6.03. The Bertz CT molecular complexity index is 716. The summed E-state index contributed by atoms with van der Waals surface area (Å²) in [5, 5.41) is 0. The minimum Gasteiger partial charge on any atom is -0.460 e. The van der Waals surface area contributed by atoms with Gasteiger partial charge in [0.05, 0.1) is 24.2 Å². The lowest BCUT2D eigenvalue weighted by molar-refractivity contribution is 0.0488. The summed E-state index contributed by atoms with van der Waals surface area (Å²) in [4.78, 5) is 26.5. The topological polar surface area (TPSA) is 55.8 Å². The van der Waals surface area contributed by atoms with Gasteiger partial charge in [0, 0.05) is 5.69 Å². The average molecular weight is 325 g/mol. The van der Waals surface area contributed by atoms with Crippen LogP contribution in [0.3, 0.4) is 0 Å². The van der Waals surface area contributed by atoms with E-state index in [1.807, 2.05) is 30.0 Å². The van der Waals surface area contributed by atoms with E-state index in [9.17, 15) is 9.59 Å². The van der Waals surface area contributed by atoms with Crippen molar-refractivity contribution >= 4 is 17.6 Å². The maximum atomic E-state index is 12.2. The normalized spacial score (nSPS) is 15.8. The van der Waals surface area contributed by atoms with Gasteiger partial charge in [-0.3, -0.25) is 0 Å². The molecule has 0 aliphatic carbocycles. The zero-order valence-electron chi connectivity index (χ0n) is 13.5. The van der Waals surface area contributed by atoms with Crippen molar-refractivity contribution in [3.8, 4) is 0 Å². The number of esters is 2. The molecule has 0 radical (unpaired) electrons. The van der Waals surface area contributed by atoms with Crippen LogP contribution in [0.5, 0.6) is 0 Å². The lowest BCUT2D eigenvalue weighted by Crippen LogP contribution is -2.31. The van der Waals surface area contributed by atoms with E-state index in [0.29, 0.717) is 13.1 Å². The van der Waals surface area contributed by atoms with E-state index >= 15 is 0 Å². The van der Waals surface area contributed by atoms with E-state index in [4.69, 9.17) is 9.47 Å². The van der Waals surface area contributed by atoms with Crippen molar-refractivity contribution in [2.24, 2.45) is 0 Å². The zero-order valence-corrected chi connectivity index (χ0v) is 13.5. The van der Waals surface area contributed by atoms with Gasteiger partial charge in [-0.1, -0.05) is 24.3 Å². The van der Waals surface area contributed by atoms with Gasteiger partial charge in [-0.25, -0.2) is 9.59 Å². The van der Waals surface area contributed by atoms with Gasteiger partial charge in [-0.15, -0.1) is 0 Å². The summed E-state index contributed by atoms with van der Waals surface area (Å²) >= 11 is 0. The summed E-state index contributed by atoms with van der Waals surface area (Å²) in [6.45, 7) is 3.58. The Morgan fingerprint density at radius 1 is 0.833 bits per heavy atom. The van der Waals surface area contributed by atoms with Crippen molar-refractivity contribution in [1.29, 1.82) is 0 Å². The molecule has 0 amide bonds. The molecule has 2 aromatic rings. The Labute approximate surface area is 140 Å². The smallest absolute Gasteiger partial charge is 0.339 e. The number of hydrogen-bond acceptors (Lipinski definition) is 5. The molecule has 2 aromatic carbocycles. The van der Waals surface area contributed by atoms with Crippen molar-refractivity contribution < 1.29 is 19.1 Å². The van der Waals surface area contributed by atoms with Crippen LogP contribution in [0.4, 0.5) is 5.69 Å². The number of cyclic esters (lactones) is 2. The highest BCUT2D eigenvalue weighted by Gasteiger charge is 2.20. The zero-order chi connectivity index (χ0) is 16.9. The van der Waals surface area contributed by atoms with Gasteiger partial charge < -0.3 is 14.4 Å². The number of aryl methyl sites for hydroxylation is 1. The molecule has 124 valence electrons. The average Bonchev–Trinajstić information content (AvgIpc) is 2.62. The van der Waals surface area contributed by atoms with Crippen LogP contribution in [-0.4, -0.2) is 38.2 Å². The Morgan fingerprint density at radius 3 is 1.96 bits per heavy atom. The highest BCUT2D eigenvalue weighted by Crippen LogP contribution is 2.17. The Hall–Kier alpha value is -2.82. The fraction of sp³-hybridized carbons (Fsp3) is 0.263. The van der Waals surface area contributed by atoms with Crippen LogP contribution in [0.1, 0.15) is 26.3 Å². The van der Waals surface area contributed by atoms with Crippen molar-refractivity contribution in [1.82, 2.24) is 0 Å². The summed E-state index contributed by atoms with van der Waals surface area (Å²) in [6.07, 6.45) is 0. The number of carbonyl (C=O) groups is 2. The second kappa shape index (κ2) is 7.17. The first-order chi connectivity index (χ1) is 11.6. The van der Waals surface area contributed by atoms with Gasteiger partial charge in [0.15, 0.2) is 0 Å². The predicted molar refractivity (Wildman–Crippen MR) is 90.4 cm³/mol. The van der Waals surface area contributed by atoms with E-state index < -0.39 is 11.9 Å².